The molecule has 0 saturated carbocycles. The maximum atomic E-state index is 13.6. The van der Waals surface area contributed by atoms with Gasteiger partial charge in [-0.25, -0.2) is 0 Å². The Labute approximate surface area is 210 Å². The molecule has 170 valence electrons. The predicted molar refractivity (Wildman–Crippen MR) is 135 cm³/mol. The molecule has 0 unspecified atom stereocenters. The number of hydrogen-bond donors (Lipinski definition) is 0. The van der Waals surface area contributed by atoms with Gasteiger partial charge in [-0.05, 0) is 46.5 Å². The number of benzene rings is 3. The highest BCUT2D eigenvalue weighted by Gasteiger charge is 2.61. The first-order chi connectivity index (χ1) is 17.1. The zero-order valence-electron chi connectivity index (χ0n) is 18.5. The Balaban J connectivity index is 1.23. The third-order valence-electron chi connectivity index (χ3n) is 7.48. The summed E-state index contributed by atoms with van der Waals surface area (Å²) in [6, 6.07) is 27.8. The Morgan fingerprint density at radius 2 is 1.23 bits per heavy atom. The van der Waals surface area contributed by atoms with Crippen molar-refractivity contribution >= 4 is 34.0 Å². The van der Waals surface area contributed by atoms with Crippen LogP contribution in [0.3, 0.4) is 0 Å². The lowest BCUT2D eigenvalue weighted by atomic mass is 9.55. The SMILES string of the molecule is O=C1[C@H]2C3c4ccccc4C(c4ccccc43)[C@@H]2C(=O)N1/N=C\c1ccc(-c2ccc(Br)cc2)o1. The molecule has 0 spiro atoms. The van der Waals surface area contributed by atoms with Crippen LogP contribution < -0.4 is 0 Å². The van der Waals surface area contributed by atoms with E-state index in [1.54, 1.807) is 6.07 Å². The average Bonchev–Trinajstić information content (AvgIpc) is 3.46. The number of rotatable bonds is 3. The summed E-state index contributed by atoms with van der Waals surface area (Å²) in [5.74, 6) is -0.467. The summed E-state index contributed by atoms with van der Waals surface area (Å²) in [7, 11) is 0. The lowest BCUT2D eigenvalue weighted by molar-refractivity contribution is -0.139. The molecule has 8 rings (SSSR count). The molecule has 1 saturated heterocycles. The fourth-order valence-electron chi connectivity index (χ4n) is 6.08. The summed E-state index contributed by atoms with van der Waals surface area (Å²) in [5, 5.41) is 5.40. The van der Waals surface area contributed by atoms with E-state index in [2.05, 4.69) is 45.3 Å². The number of carbonyl (C=O) groups excluding carboxylic acids is 2. The van der Waals surface area contributed by atoms with E-state index in [9.17, 15) is 9.59 Å². The minimum atomic E-state index is -0.440. The average molecular weight is 523 g/mol. The first-order valence-electron chi connectivity index (χ1n) is 11.6. The van der Waals surface area contributed by atoms with Crippen LogP contribution in [0.25, 0.3) is 11.3 Å². The van der Waals surface area contributed by atoms with Gasteiger partial charge in [-0.15, -0.1) is 0 Å². The fourth-order valence-corrected chi connectivity index (χ4v) is 6.35. The highest BCUT2D eigenvalue weighted by atomic mass is 79.9. The maximum Gasteiger partial charge on any atom is 0.254 e. The number of amides is 2. The van der Waals surface area contributed by atoms with E-state index in [-0.39, 0.29) is 23.7 Å². The van der Waals surface area contributed by atoms with Crippen LogP contribution in [0.1, 0.15) is 39.8 Å². The first kappa shape index (κ1) is 20.6. The molecule has 35 heavy (non-hydrogen) atoms. The highest BCUT2D eigenvalue weighted by Crippen LogP contribution is 2.60. The van der Waals surface area contributed by atoms with Crippen molar-refractivity contribution in [1.29, 1.82) is 0 Å². The number of nitrogens with zero attached hydrogens (tertiary/aromatic N) is 2. The van der Waals surface area contributed by atoms with Crippen molar-refractivity contribution in [3.8, 4) is 11.3 Å². The molecule has 2 bridgehead atoms. The van der Waals surface area contributed by atoms with Crippen LogP contribution in [0.4, 0.5) is 0 Å². The van der Waals surface area contributed by atoms with Crippen LogP contribution in [-0.2, 0) is 9.59 Å². The molecule has 2 atom stereocenters. The van der Waals surface area contributed by atoms with Gasteiger partial charge in [0.05, 0.1) is 18.1 Å². The second kappa shape index (κ2) is 7.62. The first-order valence-corrected chi connectivity index (χ1v) is 12.4. The zero-order chi connectivity index (χ0) is 23.7. The van der Waals surface area contributed by atoms with Crippen molar-refractivity contribution in [3.05, 3.63) is 117 Å². The number of carbonyl (C=O) groups is 2. The highest BCUT2D eigenvalue weighted by molar-refractivity contribution is 9.10. The summed E-state index contributed by atoms with van der Waals surface area (Å²) >= 11 is 3.43. The molecule has 3 aliphatic carbocycles. The van der Waals surface area contributed by atoms with Crippen LogP contribution in [0.5, 0.6) is 0 Å². The molecule has 0 N–H and O–H groups in total. The number of hydrazone groups is 1. The Kier molecular flexibility index (Phi) is 4.48. The van der Waals surface area contributed by atoms with Crippen LogP contribution in [0, 0.1) is 11.8 Å². The summed E-state index contributed by atoms with van der Waals surface area (Å²) < 4.78 is 6.89. The van der Waals surface area contributed by atoms with Gasteiger partial charge in [-0.2, -0.15) is 10.1 Å². The van der Waals surface area contributed by atoms with Crippen molar-refractivity contribution in [2.75, 3.05) is 0 Å². The number of halogens is 1. The molecule has 1 aromatic heterocycles. The van der Waals surface area contributed by atoms with Crippen LogP contribution >= 0.6 is 15.9 Å². The monoisotopic (exact) mass is 522 g/mol. The van der Waals surface area contributed by atoms with Gasteiger partial charge in [0, 0.05) is 21.9 Å². The lowest BCUT2D eigenvalue weighted by Gasteiger charge is -2.45. The number of imide groups is 1. The second-order valence-corrected chi connectivity index (χ2v) is 10.1. The van der Waals surface area contributed by atoms with Crippen molar-refractivity contribution < 1.29 is 14.0 Å². The molecule has 0 radical (unpaired) electrons. The van der Waals surface area contributed by atoms with Gasteiger partial charge in [0.2, 0.25) is 0 Å². The molecule has 1 fully saturated rings. The zero-order valence-corrected chi connectivity index (χ0v) is 20.1. The largest absolute Gasteiger partial charge is 0.455 e. The molecule has 4 aliphatic rings. The van der Waals surface area contributed by atoms with Crippen LogP contribution in [0.15, 0.2) is 98.9 Å². The fraction of sp³-hybridized carbons (Fsp3) is 0.138. The van der Waals surface area contributed by atoms with Gasteiger partial charge in [-0.3, -0.25) is 9.59 Å². The van der Waals surface area contributed by atoms with Crippen molar-refractivity contribution in [2.45, 2.75) is 11.8 Å². The summed E-state index contributed by atoms with van der Waals surface area (Å²) in [6.45, 7) is 0. The number of furan rings is 1. The molecule has 5 nitrogen and oxygen atoms in total. The maximum absolute atomic E-state index is 13.6. The molecule has 6 heteroatoms. The molecular weight excluding hydrogens is 504 g/mol. The Bertz CT molecular complexity index is 1420. The Morgan fingerprint density at radius 1 is 0.714 bits per heavy atom. The lowest BCUT2D eigenvalue weighted by Crippen LogP contribution is -2.41. The van der Waals surface area contributed by atoms with E-state index < -0.39 is 11.8 Å². The third-order valence-corrected chi connectivity index (χ3v) is 8.01. The number of hydrogen-bond acceptors (Lipinski definition) is 4. The van der Waals surface area contributed by atoms with Gasteiger partial charge in [0.1, 0.15) is 11.5 Å². The van der Waals surface area contributed by atoms with Gasteiger partial charge in [-0.1, -0.05) is 76.6 Å². The molecule has 4 aromatic rings. The summed E-state index contributed by atoms with van der Waals surface area (Å²) in [4.78, 5) is 27.2. The molecule has 3 aromatic carbocycles. The van der Waals surface area contributed by atoms with Crippen LogP contribution in [0.2, 0.25) is 0 Å². The van der Waals surface area contributed by atoms with Crippen molar-refractivity contribution in [1.82, 2.24) is 5.01 Å². The third kappa shape index (κ3) is 2.96. The Hall–Kier alpha value is -3.77. The smallest absolute Gasteiger partial charge is 0.254 e. The van der Waals surface area contributed by atoms with E-state index in [4.69, 9.17) is 4.42 Å². The van der Waals surface area contributed by atoms with Gasteiger partial charge < -0.3 is 4.42 Å². The van der Waals surface area contributed by atoms with Gasteiger partial charge in [0.25, 0.3) is 11.8 Å². The quantitative estimate of drug-likeness (QED) is 0.247. The van der Waals surface area contributed by atoms with Gasteiger partial charge >= 0.3 is 0 Å². The van der Waals surface area contributed by atoms with Gasteiger partial charge in [0.15, 0.2) is 0 Å². The summed E-state index contributed by atoms with van der Waals surface area (Å²) in [6.07, 6.45) is 1.46. The molecule has 1 aliphatic heterocycles. The molecular formula is C29H19BrN2O3. The van der Waals surface area contributed by atoms with E-state index >= 15 is 0 Å². The topological polar surface area (TPSA) is 62.9 Å². The summed E-state index contributed by atoms with van der Waals surface area (Å²) in [5.41, 5.74) is 5.52. The van der Waals surface area contributed by atoms with E-state index in [0.717, 1.165) is 37.3 Å². The second-order valence-electron chi connectivity index (χ2n) is 9.21. The van der Waals surface area contributed by atoms with Crippen LogP contribution in [-0.4, -0.2) is 23.0 Å². The molecule has 2 heterocycles. The minimum Gasteiger partial charge on any atom is -0.455 e. The van der Waals surface area contributed by atoms with Crippen molar-refractivity contribution in [2.24, 2.45) is 16.9 Å². The predicted octanol–water partition coefficient (Wildman–Crippen LogP) is 5.94. The van der Waals surface area contributed by atoms with E-state index in [0.29, 0.717) is 11.5 Å². The minimum absolute atomic E-state index is 0.137. The molecule has 2 amide bonds. The van der Waals surface area contributed by atoms with E-state index in [1.165, 1.54) is 6.21 Å². The van der Waals surface area contributed by atoms with E-state index in [1.807, 2.05) is 54.6 Å². The standard InChI is InChI=1S/C29H19BrN2O3/c30-17-11-9-16(10-12-17)23-14-13-18(35-23)15-31-32-28(33)26-24-19-5-1-2-6-20(19)25(27(26)29(32)34)22-8-4-3-7-21(22)24/h1-15,24-27H/b31-15-/t24?,25?,26-,27-/m0/s1. The Morgan fingerprint density at radius 3 is 1.74 bits per heavy atom. The van der Waals surface area contributed by atoms with Crippen molar-refractivity contribution in [3.63, 3.8) is 0 Å². The normalized spacial score (nSPS) is 24.1.